The molecule has 27 heavy (non-hydrogen) atoms. The second-order valence-corrected chi connectivity index (χ2v) is 7.81. The first-order valence-corrected chi connectivity index (χ1v) is 10.0. The summed E-state index contributed by atoms with van der Waals surface area (Å²) in [4.78, 5) is 32.7. The van der Waals surface area contributed by atoms with Gasteiger partial charge in [-0.2, -0.15) is 0 Å². The third-order valence-corrected chi connectivity index (χ3v) is 5.95. The largest absolute Gasteiger partial charge is 0.361 e. The molecular formula is C20H25ClN4O2. The first-order valence-electron chi connectivity index (χ1n) is 9.65. The lowest BCUT2D eigenvalue weighted by molar-refractivity contribution is -0.141. The van der Waals surface area contributed by atoms with Crippen molar-refractivity contribution >= 4 is 34.3 Å². The molecule has 1 atom stereocenters. The Morgan fingerprint density at radius 1 is 1.15 bits per heavy atom. The number of piperazine rings is 1. The monoisotopic (exact) mass is 388 g/mol. The molecule has 1 unspecified atom stereocenters. The number of carbonyl (C=O) groups excluding carboxylic acids is 2. The van der Waals surface area contributed by atoms with Gasteiger partial charge in [0, 0.05) is 56.4 Å². The quantitative estimate of drug-likeness (QED) is 0.845. The van der Waals surface area contributed by atoms with Gasteiger partial charge >= 0.3 is 0 Å². The summed E-state index contributed by atoms with van der Waals surface area (Å²) in [5.41, 5.74) is 1.85. The average Bonchev–Trinajstić information content (AvgIpc) is 3.12. The Bertz CT molecular complexity index is 844. The van der Waals surface area contributed by atoms with Gasteiger partial charge in [-0.1, -0.05) is 17.7 Å². The number of carbonyl (C=O) groups is 2. The molecular weight excluding hydrogens is 364 g/mol. The van der Waals surface area contributed by atoms with Gasteiger partial charge in [0.2, 0.25) is 11.8 Å². The van der Waals surface area contributed by atoms with Gasteiger partial charge in [0.15, 0.2) is 0 Å². The molecule has 2 fully saturated rings. The van der Waals surface area contributed by atoms with Crippen molar-refractivity contribution in [2.75, 3.05) is 39.3 Å². The van der Waals surface area contributed by atoms with Crippen molar-refractivity contribution in [1.82, 2.24) is 20.1 Å². The van der Waals surface area contributed by atoms with Gasteiger partial charge in [-0.05, 0) is 30.5 Å². The topological polar surface area (TPSA) is 68.4 Å². The second kappa shape index (κ2) is 7.90. The molecule has 1 aromatic carbocycles. The van der Waals surface area contributed by atoms with E-state index in [1.54, 1.807) is 0 Å². The molecule has 2 aliphatic heterocycles. The lowest BCUT2D eigenvalue weighted by atomic mass is 9.95. The van der Waals surface area contributed by atoms with Gasteiger partial charge in [0.05, 0.1) is 17.4 Å². The Morgan fingerprint density at radius 3 is 2.78 bits per heavy atom. The van der Waals surface area contributed by atoms with Gasteiger partial charge < -0.3 is 20.1 Å². The van der Waals surface area contributed by atoms with Crippen molar-refractivity contribution < 1.29 is 9.59 Å². The van der Waals surface area contributed by atoms with Crippen LogP contribution in [-0.2, 0) is 16.0 Å². The third kappa shape index (κ3) is 3.82. The van der Waals surface area contributed by atoms with Crippen molar-refractivity contribution in [3.63, 3.8) is 0 Å². The van der Waals surface area contributed by atoms with Crippen molar-refractivity contribution in [3.05, 3.63) is 35.0 Å². The summed E-state index contributed by atoms with van der Waals surface area (Å²) >= 11 is 6.32. The molecule has 2 aromatic rings. The van der Waals surface area contributed by atoms with E-state index >= 15 is 0 Å². The lowest BCUT2D eigenvalue weighted by Gasteiger charge is -2.36. The zero-order valence-corrected chi connectivity index (χ0v) is 16.1. The Labute approximate surface area is 163 Å². The fourth-order valence-corrected chi connectivity index (χ4v) is 4.47. The van der Waals surface area contributed by atoms with Crippen molar-refractivity contribution in [2.24, 2.45) is 5.92 Å². The second-order valence-electron chi connectivity index (χ2n) is 7.41. The number of likely N-dealkylation sites (tertiary alicyclic amines) is 1. The molecule has 0 saturated carbocycles. The molecule has 3 heterocycles. The summed E-state index contributed by atoms with van der Waals surface area (Å²) in [6.45, 7) is 4.47. The highest BCUT2D eigenvalue weighted by molar-refractivity contribution is 6.35. The van der Waals surface area contributed by atoms with Gasteiger partial charge in [-0.3, -0.25) is 9.59 Å². The van der Waals surface area contributed by atoms with Crippen LogP contribution in [0.25, 0.3) is 10.9 Å². The van der Waals surface area contributed by atoms with Crippen LogP contribution in [0.5, 0.6) is 0 Å². The van der Waals surface area contributed by atoms with E-state index in [9.17, 15) is 9.59 Å². The molecule has 0 bridgehead atoms. The van der Waals surface area contributed by atoms with Crippen LogP contribution in [0.3, 0.4) is 0 Å². The summed E-state index contributed by atoms with van der Waals surface area (Å²) in [7, 11) is 0. The van der Waals surface area contributed by atoms with E-state index < -0.39 is 0 Å². The molecule has 2 saturated heterocycles. The number of nitrogens with zero attached hydrogens (tertiary/aromatic N) is 2. The highest BCUT2D eigenvalue weighted by atomic mass is 35.5. The zero-order chi connectivity index (χ0) is 18.8. The maximum absolute atomic E-state index is 12.9. The Balaban J connectivity index is 1.43. The van der Waals surface area contributed by atoms with Gasteiger partial charge in [0.1, 0.15) is 0 Å². The molecule has 0 aliphatic carbocycles. The molecule has 0 spiro atoms. The zero-order valence-electron chi connectivity index (χ0n) is 15.3. The Hall–Kier alpha value is -2.05. The number of nitrogens with one attached hydrogen (secondary N) is 2. The van der Waals surface area contributed by atoms with Crippen LogP contribution >= 0.6 is 11.6 Å². The minimum Gasteiger partial charge on any atom is -0.361 e. The van der Waals surface area contributed by atoms with Crippen molar-refractivity contribution in [3.8, 4) is 0 Å². The molecule has 144 valence electrons. The number of H-pyrrole nitrogens is 1. The maximum Gasteiger partial charge on any atom is 0.227 e. The molecule has 4 rings (SSSR count). The van der Waals surface area contributed by atoms with E-state index in [-0.39, 0.29) is 17.7 Å². The number of benzene rings is 1. The van der Waals surface area contributed by atoms with E-state index in [4.69, 9.17) is 11.6 Å². The van der Waals surface area contributed by atoms with Crippen molar-refractivity contribution in [1.29, 1.82) is 0 Å². The predicted molar refractivity (Wildman–Crippen MR) is 106 cm³/mol. The third-order valence-electron chi connectivity index (χ3n) is 5.63. The highest BCUT2D eigenvalue weighted by Gasteiger charge is 2.31. The molecule has 2 aliphatic rings. The van der Waals surface area contributed by atoms with Crippen LogP contribution in [-0.4, -0.2) is 65.9 Å². The number of aromatic amines is 1. The number of fused-ring (bicyclic) bond motifs is 1. The number of piperidine rings is 1. The molecule has 2 amide bonds. The summed E-state index contributed by atoms with van der Waals surface area (Å²) in [5.74, 6) is 0.185. The van der Waals surface area contributed by atoms with Crippen LogP contribution in [0.15, 0.2) is 24.4 Å². The average molecular weight is 389 g/mol. The molecule has 7 heteroatoms. The summed E-state index contributed by atoms with van der Waals surface area (Å²) in [6.07, 6.45) is 3.91. The first kappa shape index (κ1) is 18.3. The van der Waals surface area contributed by atoms with Crippen LogP contribution < -0.4 is 5.32 Å². The summed E-state index contributed by atoms with van der Waals surface area (Å²) in [6, 6.07) is 5.69. The molecule has 0 radical (unpaired) electrons. The van der Waals surface area contributed by atoms with Crippen LogP contribution in [0.2, 0.25) is 5.02 Å². The Kier molecular flexibility index (Phi) is 5.36. The minimum atomic E-state index is -0.0765. The minimum absolute atomic E-state index is 0.0635. The number of hydrogen-bond donors (Lipinski definition) is 2. The van der Waals surface area contributed by atoms with E-state index in [0.717, 1.165) is 62.0 Å². The maximum atomic E-state index is 12.9. The normalized spacial score (nSPS) is 20.9. The standard InChI is InChI=1S/C20H25ClN4O2/c21-16-4-1-5-17-19(16)15(12-23-17)11-18(26)25-8-2-3-14(13-25)20(27)24-9-6-22-7-10-24/h1,4-5,12,14,22-23H,2-3,6-11,13H2. The lowest BCUT2D eigenvalue weighted by Crippen LogP contribution is -2.52. The number of hydrogen-bond acceptors (Lipinski definition) is 3. The molecule has 1 aromatic heterocycles. The van der Waals surface area contributed by atoms with Crippen LogP contribution in [0.1, 0.15) is 18.4 Å². The van der Waals surface area contributed by atoms with Crippen LogP contribution in [0, 0.1) is 5.92 Å². The smallest absolute Gasteiger partial charge is 0.227 e. The van der Waals surface area contributed by atoms with E-state index in [2.05, 4.69) is 10.3 Å². The fourth-order valence-electron chi connectivity index (χ4n) is 4.17. The number of halogens is 1. The van der Waals surface area contributed by atoms with Gasteiger partial charge in [-0.25, -0.2) is 0 Å². The number of rotatable bonds is 3. The molecule has 6 nitrogen and oxygen atoms in total. The molecule has 2 N–H and O–H groups in total. The highest BCUT2D eigenvalue weighted by Crippen LogP contribution is 2.28. The Morgan fingerprint density at radius 2 is 1.96 bits per heavy atom. The predicted octanol–water partition coefficient (Wildman–Crippen LogP) is 2.03. The van der Waals surface area contributed by atoms with E-state index in [1.807, 2.05) is 34.2 Å². The SMILES string of the molecule is O=C(Cc1c[nH]c2cccc(Cl)c12)N1CCCC(C(=O)N2CCNCC2)C1. The first-order chi connectivity index (χ1) is 13.1. The summed E-state index contributed by atoms with van der Waals surface area (Å²) < 4.78 is 0. The van der Waals surface area contributed by atoms with Crippen molar-refractivity contribution in [2.45, 2.75) is 19.3 Å². The van der Waals surface area contributed by atoms with Gasteiger partial charge in [-0.15, -0.1) is 0 Å². The van der Waals surface area contributed by atoms with E-state index in [0.29, 0.717) is 18.0 Å². The van der Waals surface area contributed by atoms with Crippen LogP contribution in [0.4, 0.5) is 0 Å². The fraction of sp³-hybridized carbons (Fsp3) is 0.500. The number of aromatic nitrogens is 1. The number of amides is 2. The summed E-state index contributed by atoms with van der Waals surface area (Å²) in [5, 5.41) is 4.84. The van der Waals surface area contributed by atoms with E-state index in [1.165, 1.54) is 0 Å². The van der Waals surface area contributed by atoms with Gasteiger partial charge in [0.25, 0.3) is 0 Å².